The van der Waals surface area contributed by atoms with Crippen LogP contribution >= 0.6 is 11.6 Å². The highest BCUT2D eigenvalue weighted by Gasteiger charge is 2.28. The average molecular weight is 268 g/mol. The van der Waals surface area contributed by atoms with Crippen molar-refractivity contribution in [3.05, 3.63) is 34.9 Å². The Morgan fingerprint density at radius 3 is 2.39 bits per heavy atom. The molecule has 0 saturated heterocycles. The molecule has 3 heteroatoms. The van der Waals surface area contributed by atoms with Crippen LogP contribution < -0.4 is 0 Å². The number of nitrogens with zero attached hydrogens (tertiary/aromatic N) is 1. The van der Waals surface area contributed by atoms with Crippen LogP contribution in [-0.2, 0) is 11.3 Å². The monoisotopic (exact) mass is 267 g/mol. The molecule has 0 unspecified atom stereocenters. The van der Waals surface area contributed by atoms with Crippen LogP contribution in [0.2, 0.25) is 5.02 Å². The smallest absolute Gasteiger partial charge is 0.228 e. The van der Waals surface area contributed by atoms with Crippen molar-refractivity contribution in [1.82, 2.24) is 4.90 Å². The molecule has 0 atom stereocenters. The van der Waals surface area contributed by atoms with E-state index in [9.17, 15) is 4.79 Å². The molecule has 0 N–H and O–H groups in total. The fourth-order valence-corrected chi connectivity index (χ4v) is 1.96. The van der Waals surface area contributed by atoms with E-state index in [-0.39, 0.29) is 17.4 Å². The van der Waals surface area contributed by atoms with Gasteiger partial charge < -0.3 is 4.90 Å². The zero-order valence-corrected chi connectivity index (χ0v) is 12.6. The molecule has 2 nitrogen and oxygen atoms in total. The van der Waals surface area contributed by atoms with E-state index in [4.69, 9.17) is 11.6 Å². The Kier molecular flexibility index (Phi) is 4.80. The molecule has 1 aromatic carbocycles. The van der Waals surface area contributed by atoms with Crippen LogP contribution in [0.25, 0.3) is 0 Å². The molecule has 1 amide bonds. The number of halogens is 1. The molecule has 0 aromatic heterocycles. The summed E-state index contributed by atoms with van der Waals surface area (Å²) >= 11 is 5.97. The molecule has 0 saturated carbocycles. The van der Waals surface area contributed by atoms with Gasteiger partial charge in [-0.15, -0.1) is 0 Å². The van der Waals surface area contributed by atoms with Gasteiger partial charge in [0.2, 0.25) is 5.91 Å². The highest BCUT2D eigenvalue weighted by Crippen LogP contribution is 2.22. The van der Waals surface area contributed by atoms with Gasteiger partial charge in [-0.2, -0.15) is 0 Å². The molecule has 100 valence electrons. The Morgan fingerprint density at radius 1 is 1.33 bits per heavy atom. The largest absolute Gasteiger partial charge is 0.335 e. The standard InChI is InChI=1S/C15H22ClNO/c1-11(2)17(14(18)15(3,4)5)10-12-7-6-8-13(16)9-12/h6-9,11H,10H2,1-5H3. The topological polar surface area (TPSA) is 20.3 Å². The highest BCUT2D eigenvalue weighted by molar-refractivity contribution is 6.30. The zero-order valence-electron chi connectivity index (χ0n) is 11.8. The summed E-state index contributed by atoms with van der Waals surface area (Å²) in [5.74, 6) is 0.164. The van der Waals surface area contributed by atoms with Gasteiger partial charge >= 0.3 is 0 Å². The highest BCUT2D eigenvalue weighted by atomic mass is 35.5. The lowest BCUT2D eigenvalue weighted by atomic mass is 9.93. The second-order valence-corrected chi connectivity index (χ2v) is 6.34. The number of benzene rings is 1. The Morgan fingerprint density at radius 2 is 1.94 bits per heavy atom. The third kappa shape index (κ3) is 4.02. The fourth-order valence-electron chi connectivity index (χ4n) is 1.75. The SMILES string of the molecule is CC(C)N(Cc1cccc(Cl)c1)C(=O)C(C)(C)C. The lowest BCUT2D eigenvalue weighted by Gasteiger charge is -2.32. The molecule has 0 radical (unpaired) electrons. The minimum Gasteiger partial charge on any atom is -0.335 e. The van der Waals surface area contributed by atoms with Crippen LogP contribution in [0.15, 0.2) is 24.3 Å². The molecule has 1 aromatic rings. The maximum atomic E-state index is 12.4. The second kappa shape index (κ2) is 5.75. The first-order chi connectivity index (χ1) is 8.21. The minimum atomic E-state index is -0.358. The summed E-state index contributed by atoms with van der Waals surface area (Å²) in [5, 5.41) is 0.708. The molecule has 0 spiro atoms. The number of carbonyl (C=O) groups is 1. The van der Waals surface area contributed by atoms with Crippen molar-refractivity contribution in [1.29, 1.82) is 0 Å². The van der Waals surface area contributed by atoms with Crippen molar-refractivity contribution in [3.63, 3.8) is 0 Å². The van der Waals surface area contributed by atoms with Crippen molar-refractivity contribution < 1.29 is 4.79 Å². The molecule has 0 aliphatic rings. The van der Waals surface area contributed by atoms with Gasteiger partial charge in [-0.25, -0.2) is 0 Å². The van der Waals surface area contributed by atoms with Crippen LogP contribution in [0.4, 0.5) is 0 Å². The lowest BCUT2D eigenvalue weighted by Crippen LogP contribution is -2.43. The summed E-state index contributed by atoms with van der Waals surface area (Å²) in [4.78, 5) is 14.3. The molecule has 0 aliphatic carbocycles. The van der Waals surface area contributed by atoms with Gasteiger partial charge in [-0.3, -0.25) is 4.79 Å². The molecular weight excluding hydrogens is 246 g/mol. The van der Waals surface area contributed by atoms with Crippen molar-refractivity contribution in [3.8, 4) is 0 Å². The van der Waals surface area contributed by atoms with Crippen LogP contribution in [0, 0.1) is 5.41 Å². The summed E-state index contributed by atoms with van der Waals surface area (Å²) in [5.41, 5.74) is 0.705. The summed E-state index contributed by atoms with van der Waals surface area (Å²) in [6.07, 6.45) is 0. The summed E-state index contributed by atoms with van der Waals surface area (Å²) in [6, 6.07) is 7.84. The van der Waals surface area contributed by atoms with Gasteiger partial charge in [0.15, 0.2) is 0 Å². The predicted molar refractivity (Wildman–Crippen MR) is 76.6 cm³/mol. The summed E-state index contributed by atoms with van der Waals surface area (Å²) in [6.45, 7) is 10.5. The number of rotatable bonds is 3. The van der Waals surface area contributed by atoms with Gasteiger partial charge in [0.1, 0.15) is 0 Å². The number of hydrogen-bond acceptors (Lipinski definition) is 1. The first-order valence-corrected chi connectivity index (χ1v) is 6.65. The van der Waals surface area contributed by atoms with Gasteiger partial charge in [0.25, 0.3) is 0 Å². The summed E-state index contributed by atoms with van der Waals surface area (Å²) < 4.78 is 0. The van der Waals surface area contributed by atoms with Crippen molar-refractivity contribution in [2.45, 2.75) is 47.2 Å². The van der Waals surface area contributed by atoms with Crippen LogP contribution in [0.1, 0.15) is 40.2 Å². The van der Waals surface area contributed by atoms with Crippen molar-refractivity contribution in [2.75, 3.05) is 0 Å². The zero-order chi connectivity index (χ0) is 13.9. The van der Waals surface area contributed by atoms with Gasteiger partial charge in [0.05, 0.1) is 0 Å². The Hall–Kier alpha value is -1.02. The normalized spacial score (nSPS) is 11.7. The first-order valence-electron chi connectivity index (χ1n) is 6.27. The van der Waals surface area contributed by atoms with E-state index in [0.717, 1.165) is 5.56 Å². The molecule has 0 bridgehead atoms. The van der Waals surface area contributed by atoms with Gasteiger partial charge in [0, 0.05) is 23.0 Å². The van der Waals surface area contributed by atoms with Crippen molar-refractivity contribution >= 4 is 17.5 Å². The number of hydrogen-bond donors (Lipinski definition) is 0. The molecule has 0 heterocycles. The van der Waals surface area contributed by atoms with Crippen LogP contribution in [-0.4, -0.2) is 16.8 Å². The van der Waals surface area contributed by atoms with E-state index < -0.39 is 0 Å². The van der Waals surface area contributed by atoms with Crippen LogP contribution in [0.5, 0.6) is 0 Å². The van der Waals surface area contributed by atoms with E-state index in [1.807, 2.05) is 63.8 Å². The van der Waals surface area contributed by atoms with E-state index in [0.29, 0.717) is 11.6 Å². The number of amides is 1. The summed E-state index contributed by atoms with van der Waals surface area (Å²) in [7, 11) is 0. The van der Waals surface area contributed by atoms with E-state index in [1.54, 1.807) is 0 Å². The van der Waals surface area contributed by atoms with E-state index in [1.165, 1.54) is 0 Å². The molecule has 0 aliphatic heterocycles. The molecule has 0 fully saturated rings. The first kappa shape index (κ1) is 15.0. The fraction of sp³-hybridized carbons (Fsp3) is 0.533. The molecular formula is C15H22ClNO. The second-order valence-electron chi connectivity index (χ2n) is 5.91. The Balaban J connectivity index is 2.91. The third-order valence-electron chi connectivity index (χ3n) is 2.77. The number of carbonyl (C=O) groups excluding carboxylic acids is 1. The lowest BCUT2D eigenvalue weighted by molar-refractivity contribution is -0.142. The predicted octanol–water partition coefficient (Wildman–Crippen LogP) is 4.12. The Labute approximate surface area is 115 Å². The third-order valence-corrected chi connectivity index (χ3v) is 3.00. The minimum absolute atomic E-state index is 0.164. The maximum absolute atomic E-state index is 12.4. The van der Waals surface area contributed by atoms with Crippen LogP contribution in [0.3, 0.4) is 0 Å². The van der Waals surface area contributed by atoms with E-state index in [2.05, 4.69) is 0 Å². The molecule has 1 rings (SSSR count). The van der Waals surface area contributed by atoms with Gasteiger partial charge in [-0.1, -0.05) is 44.5 Å². The maximum Gasteiger partial charge on any atom is 0.228 e. The average Bonchev–Trinajstić information content (AvgIpc) is 2.23. The Bertz CT molecular complexity index is 421. The van der Waals surface area contributed by atoms with Crippen molar-refractivity contribution in [2.24, 2.45) is 5.41 Å². The quantitative estimate of drug-likeness (QED) is 0.807. The van der Waals surface area contributed by atoms with Gasteiger partial charge in [-0.05, 0) is 31.5 Å². The molecule has 18 heavy (non-hydrogen) atoms. The van der Waals surface area contributed by atoms with E-state index >= 15 is 0 Å².